The number of nitrogens with one attached hydrogen (secondary N) is 1. The van der Waals surface area contributed by atoms with Crippen molar-refractivity contribution in [2.24, 2.45) is 0 Å². The first-order chi connectivity index (χ1) is 3.80. The second-order valence-electron chi connectivity index (χ2n) is 2.45. The van der Waals surface area contributed by atoms with E-state index in [9.17, 15) is 0 Å². The maximum absolute atomic E-state index is 9.12. The van der Waals surface area contributed by atoms with Gasteiger partial charge in [0.2, 0.25) is 0 Å². The molecule has 1 heterocycles. The van der Waals surface area contributed by atoms with Crippen molar-refractivity contribution in [2.75, 3.05) is 6.54 Å². The number of aliphatic hydroxyl groups excluding tert-OH is 1. The Hall–Kier alpha value is 0.210. The van der Waals surface area contributed by atoms with Gasteiger partial charge in [0.25, 0.3) is 0 Å². The molecule has 0 aliphatic carbocycles. The van der Waals surface area contributed by atoms with Gasteiger partial charge in [-0.15, -0.1) is 12.4 Å². The standard InChI is InChI=1S/C6H13NO.ClH/c1-5-6(8)3-2-4-7-5;/h5-8H,2-4H2,1H3;1H. The highest BCUT2D eigenvalue weighted by molar-refractivity contribution is 5.85. The molecule has 0 aromatic carbocycles. The molecule has 0 amide bonds. The quantitative estimate of drug-likeness (QED) is 0.530. The molecule has 9 heavy (non-hydrogen) atoms. The molecule has 2 N–H and O–H groups in total. The molecule has 2 atom stereocenters. The Kier molecular flexibility index (Phi) is 4.19. The number of aliphatic hydroxyl groups is 1. The predicted molar refractivity (Wildman–Crippen MR) is 40.0 cm³/mol. The summed E-state index contributed by atoms with van der Waals surface area (Å²) in [4.78, 5) is 0. The van der Waals surface area contributed by atoms with Gasteiger partial charge in [-0.25, -0.2) is 0 Å². The van der Waals surface area contributed by atoms with E-state index in [4.69, 9.17) is 5.11 Å². The molecule has 1 aliphatic heterocycles. The van der Waals surface area contributed by atoms with Crippen molar-refractivity contribution in [2.45, 2.75) is 31.9 Å². The Labute approximate surface area is 62.1 Å². The lowest BCUT2D eigenvalue weighted by molar-refractivity contribution is 0.104. The van der Waals surface area contributed by atoms with E-state index >= 15 is 0 Å². The lowest BCUT2D eigenvalue weighted by Crippen LogP contribution is -2.42. The molecule has 0 aromatic rings. The highest BCUT2D eigenvalue weighted by atomic mass is 35.5. The van der Waals surface area contributed by atoms with Crippen LogP contribution < -0.4 is 5.32 Å². The summed E-state index contributed by atoms with van der Waals surface area (Å²) in [6, 6.07) is 0.309. The summed E-state index contributed by atoms with van der Waals surface area (Å²) in [6.45, 7) is 3.09. The number of hydrogen-bond donors (Lipinski definition) is 2. The molecule has 0 spiro atoms. The number of rotatable bonds is 0. The zero-order valence-electron chi connectivity index (χ0n) is 5.63. The fourth-order valence-electron chi connectivity index (χ4n) is 1.03. The average molecular weight is 152 g/mol. The van der Waals surface area contributed by atoms with E-state index in [2.05, 4.69) is 5.32 Å². The third kappa shape index (κ3) is 2.52. The molecule has 1 fully saturated rings. The van der Waals surface area contributed by atoms with Gasteiger partial charge in [0.05, 0.1) is 6.10 Å². The summed E-state index contributed by atoms with van der Waals surface area (Å²) in [5, 5.41) is 12.3. The van der Waals surface area contributed by atoms with E-state index in [1.165, 1.54) is 0 Å². The topological polar surface area (TPSA) is 32.3 Å². The summed E-state index contributed by atoms with van der Waals surface area (Å²) in [5.41, 5.74) is 0. The Morgan fingerprint density at radius 3 is 2.56 bits per heavy atom. The second kappa shape index (κ2) is 4.09. The van der Waals surface area contributed by atoms with Gasteiger partial charge in [0, 0.05) is 6.04 Å². The zero-order valence-corrected chi connectivity index (χ0v) is 6.45. The van der Waals surface area contributed by atoms with Crippen LogP contribution in [0.2, 0.25) is 0 Å². The molecular formula is C6H14ClNO. The fraction of sp³-hybridized carbons (Fsp3) is 1.00. The van der Waals surface area contributed by atoms with Crippen molar-refractivity contribution in [3.8, 4) is 0 Å². The third-order valence-electron chi connectivity index (χ3n) is 1.72. The minimum absolute atomic E-state index is 0. The van der Waals surface area contributed by atoms with Crippen LogP contribution in [0.25, 0.3) is 0 Å². The molecule has 1 saturated heterocycles. The summed E-state index contributed by atoms with van der Waals surface area (Å²) in [7, 11) is 0. The molecule has 1 aliphatic rings. The third-order valence-corrected chi connectivity index (χ3v) is 1.72. The van der Waals surface area contributed by atoms with Crippen LogP contribution in [0.5, 0.6) is 0 Å². The van der Waals surface area contributed by atoms with Crippen LogP contribution >= 0.6 is 12.4 Å². The molecule has 2 nitrogen and oxygen atoms in total. The smallest absolute Gasteiger partial charge is 0.0690 e. The molecule has 0 saturated carbocycles. The maximum atomic E-state index is 9.12. The average Bonchev–Trinajstić information content (AvgIpc) is 1.77. The molecular weight excluding hydrogens is 138 g/mol. The van der Waals surface area contributed by atoms with E-state index in [0.717, 1.165) is 19.4 Å². The van der Waals surface area contributed by atoms with E-state index in [0.29, 0.717) is 6.04 Å². The zero-order chi connectivity index (χ0) is 5.98. The SMILES string of the molecule is CC1NCCCC1O.Cl. The highest BCUT2D eigenvalue weighted by Crippen LogP contribution is 2.06. The molecule has 0 radical (unpaired) electrons. The van der Waals surface area contributed by atoms with E-state index in [-0.39, 0.29) is 18.5 Å². The van der Waals surface area contributed by atoms with Crippen LogP contribution in [-0.2, 0) is 0 Å². The monoisotopic (exact) mass is 151 g/mol. The predicted octanol–water partition coefficient (Wildman–Crippen LogP) is 0.541. The van der Waals surface area contributed by atoms with Crippen molar-refractivity contribution in [3.05, 3.63) is 0 Å². The van der Waals surface area contributed by atoms with Gasteiger partial charge in [0.15, 0.2) is 0 Å². The molecule has 1 rings (SSSR count). The number of piperidine rings is 1. The second-order valence-corrected chi connectivity index (χ2v) is 2.45. The first-order valence-electron chi connectivity index (χ1n) is 3.22. The largest absolute Gasteiger partial charge is 0.392 e. The van der Waals surface area contributed by atoms with Gasteiger partial charge in [-0.1, -0.05) is 0 Å². The fourth-order valence-corrected chi connectivity index (χ4v) is 1.03. The Bertz CT molecular complexity index is 69.5. The Balaban J connectivity index is 0.000000640. The molecule has 56 valence electrons. The van der Waals surface area contributed by atoms with Crippen LogP contribution in [0.4, 0.5) is 0 Å². The van der Waals surface area contributed by atoms with Crippen molar-refractivity contribution in [1.82, 2.24) is 5.32 Å². The van der Waals surface area contributed by atoms with Crippen LogP contribution in [0.1, 0.15) is 19.8 Å². The summed E-state index contributed by atoms with van der Waals surface area (Å²) in [6.07, 6.45) is 1.98. The van der Waals surface area contributed by atoms with Crippen LogP contribution in [0.15, 0.2) is 0 Å². The van der Waals surface area contributed by atoms with Gasteiger partial charge in [-0.3, -0.25) is 0 Å². The Morgan fingerprint density at radius 2 is 2.22 bits per heavy atom. The van der Waals surface area contributed by atoms with Crippen molar-refractivity contribution >= 4 is 12.4 Å². The van der Waals surface area contributed by atoms with E-state index in [1.54, 1.807) is 0 Å². The molecule has 3 heteroatoms. The van der Waals surface area contributed by atoms with Gasteiger partial charge < -0.3 is 10.4 Å². The lowest BCUT2D eigenvalue weighted by Gasteiger charge is -2.25. The molecule has 0 aromatic heterocycles. The molecule has 0 bridgehead atoms. The van der Waals surface area contributed by atoms with Gasteiger partial charge in [0.1, 0.15) is 0 Å². The van der Waals surface area contributed by atoms with Crippen molar-refractivity contribution in [1.29, 1.82) is 0 Å². The maximum Gasteiger partial charge on any atom is 0.0690 e. The summed E-state index contributed by atoms with van der Waals surface area (Å²) in [5.74, 6) is 0. The minimum Gasteiger partial charge on any atom is -0.392 e. The van der Waals surface area contributed by atoms with E-state index in [1.807, 2.05) is 6.92 Å². The van der Waals surface area contributed by atoms with Gasteiger partial charge >= 0.3 is 0 Å². The number of hydrogen-bond acceptors (Lipinski definition) is 2. The first kappa shape index (κ1) is 9.21. The highest BCUT2D eigenvalue weighted by Gasteiger charge is 2.16. The van der Waals surface area contributed by atoms with Crippen molar-refractivity contribution < 1.29 is 5.11 Å². The first-order valence-corrected chi connectivity index (χ1v) is 3.22. The normalized spacial score (nSPS) is 35.3. The van der Waals surface area contributed by atoms with Crippen LogP contribution in [-0.4, -0.2) is 23.8 Å². The Morgan fingerprint density at radius 1 is 1.56 bits per heavy atom. The van der Waals surface area contributed by atoms with E-state index < -0.39 is 0 Å². The summed E-state index contributed by atoms with van der Waals surface area (Å²) >= 11 is 0. The van der Waals surface area contributed by atoms with Crippen LogP contribution in [0.3, 0.4) is 0 Å². The summed E-state index contributed by atoms with van der Waals surface area (Å²) < 4.78 is 0. The minimum atomic E-state index is -0.108. The van der Waals surface area contributed by atoms with Crippen molar-refractivity contribution in [3.63, 3.8) is 0 Å². The number of halogens is 1. The van der Waals surface area contributed by atoms with Gasteiger partial charge in [-0.05, 0) is 26.3 Å². The lowest BCUT2D eigenvalue weighted by atomic mass is 10.0. The molecule has 2 unspecified atom stereocenters. The van der Waals surface area contributed by atoms with Crippen LogP contribution in [0, 0.1) is 0 Å². The van der Waals surface area contributed by atoms with Gasteiger partial charge in [-0.2, -0.15) is 0 Å².